The molecule has 0 N–H and O–H groups in total. The lowest BCUT2D eigenvalue weighted by atomic mass is 9.99. The van der Waals surface area contributed by atoms with Crippen LogP contribution in [0.3, 0.4) is 0 Å². The molecule has 0 heterocycles. The summed E-state index contributed by atoms with van der Waals surface area (Å²) in [6, 6.07) is 0.678. The lowest BCUT2D eigenvalue weighted by Gasteiger charge is -2.31. The van der Waals surface area contributed by atoms with Gasteiger partial charge in [0.15, 0.2) is 0 Å². The second-order valence-electron chi connectivity index (χ2n) is 3.56. The Morgan fingerprint density at radius 2 is 1.75 bits per heavy atom. The molecule has 0 aliphatic rings. The van der Waals surface area contributed by atoms with Crippen LogP contribution >= 0.6 is 0 Å². The maximum Gasteiger partial charge on any atom is 0.0152 e. The zero-order valence-corrected chi connectivity index (χ0v) is 9.01. The van der Waals surface area contributed by atoms with Crippen LogP contribution in [0.4, 0.5) is 0 Å². The van der Waals surface area contributed by atoms with E-state index in [1.165, 1.54) is 0 Å². The molecule has 0 aliphatic carbocycles. The van der Waals surface area contributed by atoms with E-state index in [-0.39, 0.29) is 0 Å². The fraction of sp³-hybridized carbons (Fsp3) is 0.818. The smallest absolute Gasteiger partial charge is 0.0152 e. The second kappa shape index (κ2) is 6.24. The quantitative estimate of drug-likeness (QED) is 0.553. The fourth-order valence-corrected chi connectivity index (χ4v) is 1.71. The lowest BCUT2D eigenvalue weighted by Crippen LogP contribution is -2.38. The lowest BCUT2D eigenvalue weighted by molar-refractivity contribution is 0.172. The van der Waals surface area contributed by atoms with Crippen LogP contribution in [0.5, 0.6) is 0 Å². The Balaban J connectivity index is 4.14. The molecular formula is C11H23N. The summed E-state index contributed by atoms with van der Waals surface area (Å²) in [5, 5.41) is 0. The fourth-order valence-electron chi connectivity index (χ4n) is 1.71. The third-order valence-electron chi connectivity index (χ3n) is 2.46. The van der Waals surface area contributed by atoms with Crippen LogP contribution in [0.1, 0.15) is 34.1 Å². The van der Waals surface area contributed by atoms with Crippen molar-refractivity contribution in [3.8, 4) is 0 Å². The molecule has 0 aromatic rings. The molecule has 0 spiro atoms. The van der Waals surface area contributed by atoms with Crippen molar-refractivity contribution in [3.63, 3.8) is 0 Å². The van der Waals surface area contributed by atoms with E-state index in [2.05, 4.69) is 39.2 Å². The maximum absolute atomic E-state index is 3.81. The van der Waals surface area contributed by atoms with Crippen LogP contribution in [0.2, 0.25) is 0 Å². The van der Waals surface area contributed by atoms with Crippen LogP contribution in [0, 0.1) is 5.92 Å². The van der Waals surface area contributed by atoms with Crippen molar-refractivity contribution in [1.82, 2.24) is 4.90 Å². The summed E-state index contributed by atoms with van der Waals surface area (Å²) >= 11 is 0. The highest BCUT2D eigenvalue weighted by atomic mass is 15.1. The zero-order valence-electron chi connectivity index (χ0n) is 9.01. The molecule has 0 aromatic heterocycles. The Labute approximate surface area is 77.5 Å². The summed E-state index contributed by atoms with van der Waals surface area (Å²) in [6.07, 6.45) is 3.14. The van der Waals surface area contributed by atoms with Crippen molar-refractivity contribution < 1.29 is 0 Å². The van der Waals surface area contributed by atoms with Crippen LogP contribution < -0.4 is 0 Å². The third-order valence-corrected chi connectivity index (χ3v) is 2.46. The Kier molecular flexibility index (Phi) is 6.09. The molecule has 0 rings (SSSR count). The minimum atomic E-state index is 0.678. The molecule has 72 valence electrons. The van der Waals surface area contributed by atoms with Gasteiger partial charge in [0.05, 0.1) is 0 Å². The van der Waals surface area contributed by atoms with E-state index < -0.39 is 0 Å². The number of hydrogen-bond donors (Lipinski definition) is 0. The van der Waals surface area contributed by atoms with Crippen LogP contribution in [-0.4, -0.2) is 24.0 Å². The van der Waals surface area contributed by atoms with Gasteiger partial charge in [-0.3, -0.25) is 0 Å². The highest BCUT2D eigenvalue weighted by Gasteiger charge is 2.16. The molecule has 1 heteroatoms. The number of rotatable bonds is 6. The van der Waals surface area contributed by atoms with Crippen molar-refractivity contribution in [2.24, 2.45) is 5.92 Å². The monoisotopic (exact) mass is 169 g/mol. The second-order valence-corrected chi connectivity index (χ2v) is 3.56. The van der Waals surface area contributed by atoms with Gasteiger partial charge in [-0.15, -0.1) is 6.58 Å². The van der Waals surface area contributed by atoms with Crippen molar-refractivity contribution >= 4 is 0 Å². The van der Waals surface area contributed by atoms with Gasteiger partial charge in [0.2, 0.25) is 0 Å². The molecule has 0 saturated heterocycles. The van der Waals surface area contributed by atoms with Gasteiger partial charge in [-0.2, -0.15) is 0 Å². The molecular weight excluding hydrogens is 146 g/mol. The van der Waals surface area contributed by atoms with Gasteiger partial charge in [0.25, 0.3) is 0 Å². The van der Waals surface area contributed by atoms with E-state index in [1.807, 2.05) is 6.08 Å². The van der Waals surface area contributed by atoms with Gasteiger partial charge in [-0.05, 0) is 25.4 Å². The van der Waals surface area contributed by atoms with Gasteiger partial charge in [0, 0.05) is 6.04 Å². The minimum absolute atomic E-state index is 0.678. The average Bonchev–Trinajstić information content (AvgIpc) is 2.05. The predicted molar refractivity (Wildman–Crippen MR) is 56.4 cm³/mol. The van der Waals surface area contributed by atoms with E-state index in [0.717, 1.165) is 25.4 Å². The Bertz CT molecular complexity index is 114. The largest absolute Gasteiger partial charge is 0.300 e. The highest BCUT2D eigenvalue weighted by Crippen LogP contribution is 2.14. The Morgan fingerprint density at radius 3 is 2.00 bits per heavy atom. The van der Waals surface area contributed by atoms with Crippen LogP contribution in [-0.2, 0) is 0 Å². The minimum Gasteiger partial charge on any atom is -0.300 e. The molecule has 1 nitrogen and oxygen atoms in total. The van der Waals surface area contributed by atoms with Gasteiger partial charge < -0.3 is 4.90 Å². The average molecular weight is 169 g/mol. The maximum atomic E-state index is 3.81. The van der Waals surface area contributed by atoms with E-state index in [4.69, 9.17) is 0 Å². The SMILES string of the molecule is C=CC[C@@H](C(C)C)N(CC)CC. The van der Waals surface area contributed by atoms with E-state index in [1.54, 1.807) is 0 Å². The molecule has 0 aromatic carbocycles. The first-order valence-corrected chi connectivity index (χ1v) is 5.02. The van der Waals surface area contributed by atoms with Gasteiger partial charge in [-0.25, -0.2) is 0 Å². The van der Waals surface area contributed by atoms with Crippen molar-refractivity contribution in [3.05, 3.63) is 12.7 Å². The molecule has 0 unspecified atom stereocenters. The molecule has 0 radical (unpaired) electrons. The number of hydrogen-bond acceptors (Lipinski definition) is 1. The Hall–Kier alpha value is -0.300. The summed E-state index contributed by atoms with van der Waals surface area (Å²) in [5.41, 5.74) is 0. The first kappa shape index (κ1) is 11.7. The molecule has 0 amide bonds. The van der Waals surface area contributed by atoms with Crippen molar-refractivity contribution in [2.75, 3.05) is 13.1 Å². The molecule has 0 aliphatic heterocycles. The summed E-state index contributed by atoms with van der Waals surface area (Å²) in [5.74, 6) is 0.725. The summed E-state index contributed by atoms with van der Waals surface area (Å²) < 4.78 is 0. The molecule has 0 fully saturated rings. The summed E-state index contributed by atoms with van der Waals surface area (Å²) in [7, 11) is 0. The van der Waals surface area contributed by atoms with Gasteiger partial charge in [-0.1, -0.05) is 33.8 Å². The van der Waals surface area contributed by atoms with E-state index in [0.29, 0.717) is 6.04 Å². The zero-order chi connectivity index (χ0) is 9.56. The first-order valence-electron chi connectivity index (χ1n) is 5.02. The van der Waals surface area contributed by atoms with Gasteiger partial charge in [0.1, 0.15) is 0 Å². The normalized spacial score (nSPS) is 13.8. The van der Waals surface area contributed by atoms with Crippen molar-refractivity contribution in [2.45, 2.75) is 40.2 Å². The third kappa shape index (κ3) is 3.40. The van der Waals surface area contributed by atoms with Crippen LogP contribution in [0.25, 0.3) is 0 Å². The van der Waals surface area contributed by atoms with Crippen LogP contribution in [0.15, 0.2) is 12.7 Å². The molecule has 1 atom stereocenters. The molecule has 0 bridgehead atoms. The summed E-state index contributed by atoms with van der Waals surface area (Å²) in [4.78, 5) is 2.51. The van der Waals surface area contributed by atoms with E-state index in [9.17, 15) is 0 Å². The van der Waals surface area contributed by atoms with Gasteiger partial charge >= 0.3 is 0 Å². The van der Waals surface area contributed by atoms with Crippen molar-refractivity contribution in [1.29, 1.82) is 0 Å². The summed E-state index contributed by atoms with van der Waals surface area (Å²) in [6.45, 7) is 15.1. The standard InChI is InChI=1S/C11H23N/c1-6-9-11(10(4)5)12(7-2)8-3/h6,10-11H,1,7-9H2,2-5H3/t11-/m0/s1. The number of nitrogens with zero attached hydrogens (tertiary/aromatic N) is 1. The highest BCUT2D eigenvalue weighted by molar-refractivity contribution is 4.81. The predicted octanol–water partition coefficient (Wildman–Crippen LogP) is 2.93. The first-order chi connectivity index (χ1) is 5.67. The Morgan fingerprint density at radius 1 is 1.25 bits per heavy atom. The molecule has 12 heavy (non-hydrogen) atoms. The molecule has 0 saturated carbocycles. The topological polar surface area (TPSA) is 3.24 Å². The van der Waals surface area contributed by atoms with E-state index >= 15 is 0 Å².